The Labute approximate surface area is 139 Å². The summed E-state index contributed by atoms with van der Waals surface area (Å²) in [5.74, 6) is -0.502. The van der Waals surface area contributed by atoms with E-state index in [1.165, 1.54) is 13.3 Å². The zero-order valence-corrected chi connectivity index (χ0v) is 13.0. The van der Waals surface area contributed by atoms with Gasteiger partial charge in [-0.15, -0.1) is 0 Å². The number of carbonyl (C=O) groups excluding carboxylic acids is 1. The standard InChI is InChI=1S/C14H11ClF3N3O3/c1-23-10-3-2-4-19-11(10)21-12(22)8-5-9(15)13(20-6-8)24-7-14(16,17)18/h2-6H,7H2,1H3,(H,19,21,22). The van der Waals surface area contributed by atoms with Crippen LogP contribution in [0.5, 0.6) is 11.6 Å². The van der Waals surface area contributed by atoms with Crippen molar-refractivity contribution in [2.75, 3.05) is 19.0 Å². The van der Waals surface area contributed by atoms with Gasteiger partial charge in [0.05, 0.1) is 12.7 Å². The number of carbonyl (C=O) groups is 1. The highest BCUT2D eigenvalue weighted by molar-refractivity contribution is 6.32. The lowest BCUT2D eigenvalue weighted by Crippen LogP contribution is -2.20. The quantitative estimate of drug-likeness (QED) is 0.884. The van der Waals surface area contributed by atoms with E-state index < -0.39 is 24.6 Å². The summed E-state index contributed by atoms with van der Waals surface area (Å²) in [4.78, 5) is 19.7. The van der Waals surface area contributed by atoms with Crippen LogP contribution in [-0.4, -0.2) is 35.8 Å². The molecule has 0 atom stereocenters. The summed E-state index contributed by atoms with van der Waals surface area (Å²) in [7, 11) is 1.41. The topological polar surface area (TPSA) is 73.3 Å². The summed E-state index contributed by atoms with van der Waals surface area (Å²) in [5, 5.41) is 2.26. The number of halogens is 4. The number of hydrogen-bond acceptors (Lipinski definition) is 5. The fraction of sp³-hybridized carbons (Fsp3) is 0.214. The summed E-state index contributed by atoms with van der Waals surface area (Å²) < 4.78 is 45.8. The Morgan fingerprint density at radius 1 is 1.38 bits per heavy atom. The van der Waals surface area contributed by atoms with Gasteiger partial charge in [-0.25, -0.2) is 9.97 Å². The maximum Gasteiger partial charge on any atom is 0.422 e. The fourth-order valence-corrected chi connectivity index (χ4v) is 1.86. The molecule has 2 aromatic rings. The molecule has 24 heavy (non-hydrogen) atoms. The lowest BCUT2D eigenvalue weighted by molar-refractivity contribution is -0.154. The van der Waals surface area contributed by atoms with Crippen molar-refractivity contribution < 1.29 is 27.4 Å². The van der Waals surface area contributed by atoms with Crippen LogP contribution in [0.1, 0.15) is 10.4 Å². The van der Waals surface area contributed by atoms with Gasteiger partial charge in [0.2, 0.25) is 5.88 Å². The summed E-state index contributed by atoms with van der Waals surface area (Å²) in [6.45, 7) is -1.53. The first-order valence-electron chi connectivity index (χ1n) is 6.45. The van der Waals surface area contributed by atoms with Gasteiger partial charge in [0, 0.05) is 12.4 Å². The molecule has 0 aliphatic rings. The number of ether oxygens (including phenoxy) is 2. The Bertz CT molecular complexity index is 741. The zero-order valence-electron chi connectivity index (χ0n) is 12.2. The van der Waals surface area contributed by atoms with Gasteiger partial charge in [0.1, 0.15) is 5.02 Å². The molecule has 2 rings (SSSR count). The largest absolute Gasteiger partial charge is 0.493 e. The number of nitrogens with one attached hydrogen (secondary N) is 1. The molecule has 0 aliphatic heterocycles. The molecule has 10 heteroatoms. The van der Waals surface area contributed by atoms with Crippen LogP contribution < -0.4 is 14.8 Å². The second-order valence-corrected chi connectivity index (χ2v) is 4.83. The molecule has 1 N–H and O–H groups in total. The van der Waals surface area contributed by atoms with Crippen LogP contribution in [0, 0.1) is 0 Å². The predicted molar refractivity (Wildman–Crippen MR) is 79.5 cm³/mol. The Balaban J connectivity index is 2.12. The highest BCUT2D eigenvalue weighted by Gasteiger charge is 2.29. The molecular weight excluding hydrogens is 351 g/mol. The van der Waals surface area contributed by atoms with E-state index in [2.05, 4.69) is 20.0 Å². The van der Waals surface area contributed by atoms with Gasteiger partial charge in [0.15, 0.2) is 18.2 Å². The third-order valence-corrected chi connectivity index (χ3v) is 2.94. The Hall–Kier alpha value is -2.55. The molecule has 0 saturated carbocycles. The Morgan fingerprint density at radius 3 is 2.75 bits per heavy atom. The minimum absolute atomic E-state index is 0.0204. The Morgan fingerprint density at radius 2 is 2.12 bits per heavy atom. The fourth-order valence-electron chi connectivity index (χ4n) is 1.63. The Kier molecular flexibility index (Phi) is 5.45. The van der Waals surface area contributed by atoms with E-state index in [0.717, 1.165) is 12.3 Å². The van der Waals surface area contributed by atoms with E-state index in [-0.39, 0.29) is 16.4 Å². The molecule has 0 radical (unpaired) electrons. The van der Waals surface area contributed by atoms with Crippen LogP contribution in [0.15, 0.2) is 30.6 Å². The SMILES string of the molecule is COc1cccnc1NC(=O)c1cnc(OCC(F)(F)F)c(Cl)c1. The van der Waals surface area contributed by atoms with Crippen molar-refractivity contribution in [3.8, 4) is 11.6 Å². The summed E-state index contributed by atoms with van der Waals surface area (Å²) >= 11 is 5.79. The summed E-state index contributed by atoms with van der Waals surface area (Å²) in [6, 6.07) is 4.37. The van der Waals surface area contributed by atoms with E-state index in [9.17, 15) is 18.0 Å². The first kappa shape index (κ1) is 17.8. The van der Waals surface area contributed by atoms with E-state index in [1.54, 1.807) is 12.1 Å². The summed E-state index contributed by atoms with van der Waals surface area (Å²) in [6.07, 6.45) is -2.02. The number of aromatic nitrogens is 2. The average molecular weight is 362 g/mol. The monoisotopic (exact) mass is 361 g/mol. The molecule has 1 amide bonds. The number of amides is 1. The molecule has 0 fully saturated rings. The second-order valence-electron chi connectivity index (χ2n) is 4.42. The van der Waals surface area contributed by atoms with Gasteiger partial charge in [0.25, 0.3) is 5.91 Å². The second kappa shape index (κ2) is 7.35. The van der Waals surface area contributed by atoms with E-state index >= 15 is 0 Å². The molecule has 0 bridgehead atoms. The normalized spacial score (nSPS) is 11.0. The number of rotatable bonds is 5. The highest BCUT2D eigenvalue weighted by atomic mass is 35.5. The smallest absolute Gasteiger partial charge is 0.422 e. The van der Waals surface area contributed by atoms with Crippen molar-refractivity contribution in [1.29, 1.82) is 0 Å². The number of nitrogens with zero attached hydrogens (tertiary/aromatic N) is 2. The molecule has 128 valence electrons. The predicted octanol–water partition coefficient (Wildman–Crippen LogP) is 3.33. The van der Waals surface area contributed by atoms with Gasteiger partial charge in [-0.05, 0) is 18.2 Å². The van der Waals surface area contributed by atoms with Crippen LogP contribution >= 0.6 is 11.6 Å². The number of alkyl halides is 3. The lowest BCUT2D eigenvalue weighted by Gasteiger charge is -2.11. The van der Waals surface area contributed by atoms with Crippen LogP contribution in [0.25, 0.3) is 0 Å². The molecule has 0 unspecified atom stereocenters. The first-order valence-corrected chi connectivity index (χ1v) is 6.83. The molecule has 2 aromatic heterocycles. The molecule has 6 nitrogen and oxygen atoms in total. The van der Waals surface area contributed by atoms with E-state index in [4.69, 9.17) is 16.3 Å². The maximum absolute atomic E-state index is 12.1. The third kappa shape index (κ3) is 4.72. The average Bonchev–Trinajstić information content (AvgIpc) is 2.53. The van der Waals surface area contributed by atoms with E-state index in [1.807, 2.05) is 0 Å². The third-order valence-electron chi connectivity index (χ3n) is 2.66. The van der Waals surface area contributed by atoms with Crippen molar-refractivity contribution in [3.63, 3.8) is 0 Å². The van der Waals surface area contributed by atoms with Gasteiger partial charge < -0.3 is 14.8 Å². The van der Waals surface area contributed by atoms with Crippen LogP contribution in [0.3, 0.4) is 0 Å². The molecule has 0 aliphatic carbocycles. The molecule has 2 heterocycles. The van der Waals surface area contributed by atoms with Gasteiger partial charge in [-0.2, -0.15) is 13.2 Å². The number of methoxy groups -OCH3 is 1. The molecule has 0 saturated heterocycles. The molecule has 0 aromatic carbocycles. The highest BCUT2D eigenvalue weighted by Crippen LogP contribution is 2.26. The van der Waals surface area contributed by atoms with Crippen LogP contribution in [0.2, 0.25) is 5.02 Å². The minimum atomic E-state index is -4.52. The van der Waals surface area contributed by atoms with Crippen molar-refractivity contribution in [2.24, 2.45) is 0 Å². The van der Waals surface area contributed by atoms with Gasteiger partial charge in [-0.1, -0.05) is 11.6 Å². The maximum atomic E-state index is 12.1. The number of hydrogen-bond donors (Lipinski definition) is 1. The van der Waals surface area contributed by atoms with E-state index in [0.29, 0.717) is 5.75 Å². The molecular formula is C14H11ClF3N3O3. The number of pyridine rings is 2. The summed E-state index contributed by atoms with van der Waals surface area (Å²) in [5.41, 5.74) is 0.0204. The number of anilines is 1. The van der Waals surface area contributed by atoms with Crippen molar-refractivity contribution in [1.82, 2.24) is 9.97 Å². The molecule has 0 spiro atoms. The van der Waals surface area contributed by atoms with Crippen molar-refractivity contribution >= 4 is 23.3 Å². The van der Waals surface area contributed by atoms with Crippen molar-refractivity contribution in [3.05, 3.63) is 41.2 Å². The lowest BCUT2D eigenvalue weighted by atomic mass is 10.2. The zero-order chi connectivity index (χ0) is 17.7. The first-order chi connectivity index (χ1) is 11.3. The van der Waals surface area contributed by atoms with Crippen LogP contribution in [0.4, 0.5) is 19.0 Å². The van der Waals surface area contributed by atoms with Gasteiger partial charge in [-0.3, -0.25) is 4.79 Å². The van der Waals surface area contributed by atoms with Gasteiger partial charge >= 0.3 is 6.18 Å². The van der Waals surface area contributed by atoms with Crippen molar-refractivity contribution in [2.45, 2.75) is 6.18 Å². The van der Waals surface area contributed by atoms with Crippen LogP contribution in [-0.2, 0) is 0 Å². The minimum Gasteiger partial charge on any atom is -0.493 e.